The smallest absolute Gasteiger partial charge is 0.161 e. The molecule has 4 nitrogen and oxygen atoms in total. The van der Waals surface area contributed by atoms with Crippen molar-refractivity contribution >= 4 is 43.5 Å². The number of benzene rings is 1. The van der Waals surface area contributed by atoms with Gasteiger partial charge < -0.3 is 0 Å². The third kappa shape index (κ3) is 2.48. The van der Waals surface area contributed by atoms with Crippen molar-refractivity contribution in [2.75, 3.05) is 5.75 Å². The Morgan fingerprint density at radius 2 is 1.91 bits per heavy atom. The predicted molar refractivity (Wildman–Crippen MR) is 97.1 cm³/mol. The van der Waals surface area contributed by atoms with Crippen LogP contribution in [0.15, 0.2) is 41.7 Å². The summed E-state index contributed by atoms with van der Waals surface area (Å²) in [5, 5.41) is 2.08. The monoisotopic (exact) mass is 338 g/mol. The second kappa shape index (κ2) is 5.86. The number of fused-ring (bicyclic) bond motifs is 3. The maximum Gasteiger partial charge on any atom is 0.161 e. The Labute approximate surface area is 142 Å². The number of hydrogen-bond donors (Lipinski definition) is 0. The molecule has 0 bridgehead atoms. The topological polar surface area (TPSA) is 51.6 Å². The molecule has 114 valence electrons. The van der Waals surface area contributed by atoms with E-state index < -0.39 is 0 Å². The lowest BCUT2D eigenvalue weighted by atomic mass is 10.2. The molecule has 3 heterocycles. The quantitative estimate of drug-likeness (QED) is 0.399. The van der Waals surface area contributed by atoms with E-state index in [1.54, 1.807) is 29.4 Å². The van der Waals surface area contributed by atoms with E-state index in [0.717, 1.165) is 48.3 Å². The first-order valence-electron chi connectivity index (χ1n) is 7.38. The van der Waals surface area contributed by atoms with Crippen molar-refractivity contribution in [2.24, 2.45) is 0 Å². The molecule has 0 radical (unpaired) electrons. The Hall–Kier alpha value is -2.05. The molecule has 0 spiro atoms. The highest BCUT2D eigenvalue weighted by molar-refractivity contribution is 7.99. The van der Waals surface area contributed by atoms with Crippen LogP contribution in [0.4, 0.5) is 0 Å². The summed E-state index contributed by atoms with van der Waals surface area (Å²) in [6, 6.07) is 10.1. The van der Waals surface area contributed by atoms with Crippen LogP contribution in [-0.2, 0) is 0 Å². The standard InChI is InChI=1S/C17H14N4S2/c1-3-22-17-14-13(18-9-19-17)12-10(2)20-15(21-16(12)23-14)11-7-5-4-6-8-11/h4-9H,3H2,1-2H3. The van der Waals surface area contributed by atoms with Gasteiger partial charge in [-0.25, -0.2) is 19.9 Å². The molecule has 6 heteroatoms. The zero-order chi connectivity index (χ0) is 15.8. The number of aromatic nitrogens is 4. The molecule has 0 aliphatic heterocycles. The van der Waals surface area contributed by atoms with E-state index in [4.69, 9.17) is 9.97 Å². The summed E-state index contributed by atoms with van der Waals surface area (Å²) in [4.78, 5) is 19.3. The van der Waals surface area contributed by atoms with Crippen molar-refractivity contribution in [2.45, 2.75) is 18.9 Å². The minimum atomic E-state index is 0.764. The van der Waals surface area contributed by atoms with Gasteiger partial charge in [0.2, 0.25) is 0 Å². The summed E-state index contributed by atoms with van der Waals surface area (Å²) in [5.74, 6) is 1.75. The summed E-state index contributed by atoms with van der Waals surface area (Å²) in [6.45, 7) is 4.15. The van der Waals surface area contributed by atoms with Gasteiger partial charge in [-0.1, -0.05) is 37.3 Å². The van der Waals surface area contributed by atoms with Crippen molar-refractivity contribution in [3.8, 4) is 11.4 Å². The van der Waals surface area contributed by atoms with E-state index in [-0.39, 0.29) is 0 Å². The second-order valence-electron chi connectivity index (χ2n) is 5.07. The zero-order valence-corrected chi connectivity index (χ0v) is 14.4. The van der Waals surface area contributed by atoms with Crippen LogP contribution in [0.2, 0.25) is 0 Å². The third-order valence-corrected chi connectivity index (χ3v) is 5.66. The molecule has 0 N–H and O–H groups in total. The van der Waals surface area contributed by atoms with Gasteiger partial charge in [0.25, 0.3) is 0 Å². The fourth-order valence-corrected chi connectivity index (χ4v) is 4.56. The first kappa shape index (κ1) is 14.5. The minimum absolute atomic E-state index is 0.764. The minimum Gasteiger partial charge on any atom is -0.235 e. The summed E-state index contributed by atoms with van der Waals surface area (Å²) in [6.07, 6.45) is 1.64. The predicted octanol–water partition coefficient (Wildman–Crippen LogP) is 4.72. The molecule has 23 heavy (non-hydrogen) atoms. The largest absolute Gasteiger partial charge is 0.235 e. The molecule has 0 saturated heterocycles. The number of nitrogens with zero attached hydrogens (tertiary/aromatic N) is 4. The number of rotatable bonds is 3. The van der Waals surface area contributed by atoms with Gasteiger partial charge >= 0.3 is 0 Å². The lowest BCUT2D eigenvalue weighted by Crippen LogP contribution is -1.92. The highest BCUT2D eigenvalue weighted by Gasteiger charge is 2.16. The average molecular weight is 338 g/mol. The molecular weight excluding hydrogens is 324 g/mol. The number of hydrogen-bond acceptors (Lipinski definition) is 6. The molecule has 0 aliphatic rings. The molecule has 4 aromatic rings. The lowest BCUT2D eigenvalue weighted by Gasteiger charge is -2.02. The van der Waals surface area contributed by atoms with Crippen molar-refractivity contribution in [1.82, 2.24) is 19.9 Å². The maximum absolute atomic E-state index is 4.78. The van der Waals surface area contributed by atoms with Crippen LogP contribution in [0.25, 0.3) is 31.8 Å². The number of aryl methyl sites for hydroxylation is 1. The van der Waals surface area contributed by atoms with E-state index in [2.05, 4.69) is 16.9 Å². The van der Waals surface area contributed by atoms with Crippen LogP contribution in [0.5, 0.6) is 0 Å². The second-order valence-corrected chi connectivity index (χ2v) is 7.32. The van der Waals surface area contributed by atoms with E-state index >= 15 is 0 Å². The van der Waals surface area contributed by atoms with Gasteiger partial charge in [0.15, 0.2) is 5.82 Å². The van der Waals surface area contributed by atoms with Gasteiger partial charge in [-0.15, -0.1) is 23.1 Å². The van der Waals surface area contributed by atoms with Crippen LogP contribution in [0.1, 0.15) is 12.6 Å². The Kier molecular flexibility index (Phi) is 3.71. The van der Waals surface area contributed by atoms with Crippen LogP contribution < -0.4 is 0 Å². The fourth-order valence-electron chi connectivity index (χ4n) is 2.57. The van der Waals surface area contributed by atoms with Crippen LogP contribution >= 0.6 is 23.1 Å². The van der Waals surface area contributed by atoms with Gasteiger partial charge in [0.05, 0.1) is 21.3 Å². The maximum atomic E-state index is 4.78. The van der Waals surface area contributed by atoms with Gasteiger partial charge in [-0.2, -0.15) is 0 Å². The fraction of sp³-hybridized carbons (Fsp3) is 0.176. The van der Waals surface area contributed by atoms with Gasteiger partial charge in [0.1, 0.15) is 16.2 Å². The van der Waals surface area contributed by atoms with Crippen molar-refractivity contribution in [3.63, 3.8) is 0 Å². The third-order valence-electron chi connectivity index (χ3n) is 3.58. The Morgan fingerprint density at radius 1 is 1.09 bits per heavy atom. The molecule has 4 rings (SSSR count). The molecular formula is C17H14N4S2. The highest BCUT2D eigenvalue weighted by Crippen LogP contribution is 2.38. The first-order chi connectivity index (χ1) is 11.3. The molecule has 0 saturated carbocycles. The molecule has 1 aromatic carbocycles. The summed E-state index contributed by atoms with van der Waals surface area (Å²) >= 11 is 3.39. The Bertz CT molecular complexity index is 996. The van der Waals surface area contributed by atoms with Crippen molar-refractivity contribution < 1.29 is 0 Å². The Balaban J connectivity index is 2.00. The molecule has 0 aliphatic carbocycles. The summed E-state index contributed by atoms with van der Waals surface area (Å²) in [7, 11) is 0. The van der Waals surface area contributed by atoms with E-state index in [1.165, 1.54) is 0 Å². The van der Waals surface area contributed by atoms with Gasteiger partial charge in [-0.05, 0) is 12.7 Å². The molecule has 0 unspecified atom stereocenters. The summed E-state index contributed by atoms with van der Waals surface area (Å²) < 4.78 is 1.11. The summed E-state index contributed by atoms with van der Waals surface area (Å²) in [5.41, 5.74) is 2.96. The van der Waals surface area contributed by atoms with Crippen molar-refractivity contribution in [3.05, 3.63) is 42.4 Å². The molecule has 0 amide bonds. The highest BCUT2D eigenvalue weighted by atomic mass is 32.2. The lowest BCUT2D eigenvalue weighted by molar-refractivity contribution is 1.11. The normalized spacial score (nSPS) is 11.4. The number of thioether (sulfide) groups is 1. The first-order valence-corrected chi connectivity index (χ1v) is 9.18. The van der Waals surface area contributed by atoms with Gasteiger partial charge in [-0.3, -0.25) is 0 Å². The van der Waals surface area contributed by atoms with Crippen LogP contribution in [-0.4, -0.2) is 25.7 Å². The van der Waals surface area contributed by atoms with E-state index in [0.29, 0.717) is 0 Å². The van der Waals surface area contributed by atoms with Crippen LogP contribution in [0.3, 0.4) is 0 Å². The van der Waals surface area contributed by atoms with E-state index in [9.17, 15) is 0 Å². The van der Waals surface area contributed by atoms with Crippen molar-refractivity contribution in [1.29, 1.82) is 0 Å². The Morgan fingerprint density at radius 3 is 2.70 bits per heavy atom. The zero-order valence-electron chi connectivity index (χ0n) is 12.8. The molecule has 0 fully saturated rings. The van der Waals surface area contributed by atoms with Gasteiger partial charge in [0, 0.05) is 5.56 Å². The van der Waals surface area contributed by atoms with E-state index in [1.807, 2.05) is 37.3 Å². The number of thiophene rings is 1. The molecule has 3 aromatic heterocycles. The molecule has 0 atom stereocenters. The SMILES string of the molecule is CCSc1ncnc2c1sc1nc(-c3ccccc3)nc(C)c12. The average Bonchev–Trinajstić information content (AvgIpc) is 2.96. The van der Waals surface area contributed by atoms with Crippen LogP contribution in [0, 0.1) is 6.92 Å².